The summed E-state index contributed by atoms with van der Waals surface area (Å²) in [7, 11) is 0. The minimum absolute atomic E-state index is 0.0173. The molecule has 0 radical (unpaired) electrons. The first-order valence-electron chi connectivity index (χ1n) is 34.4. The summed E-state index contributed by atoms with van der Waals surface area (Å²) in [5.74, 6) is -17.7. The molecule has 4 saturated carbocycles. The van der Waals surface area contributed by atoms with Crippen molar-refractivity contribution in [1.82, 2.24) is 0 Å². The van der Waals surface area contributed by atoms with E-state index >= 15 is 0 Å². The molecule has 2 bridgehead atoms. The molecule has 8 unspecified atom stereocenters. The van der Waals surface area contributed by atoms with Gasteiger partial charge in [0, 0.05) is 51.5 Å². The highest BCUT2D eigenvalue weighted by Gasteiger charge is 2.55. The Morgan fingerprint density at radius 2 is 0.566 bits per heavy atom. The van der Waals surface area contributed by atoms with Crippen LogP contribution in [-0.2, 0) is 143 Å². The van der Waals surface area contributed by atoms with Gasteiger partial charge in [-0.2, -0.15) is 0 Å². The van der Waals surface area contributed by atoms with Crippen LogP contribution in [0.5, 0.6) is 0 Å². The number of esters is 11. The molecule has 0 aromatic heterocycles. The fourth-order valence-electron chi connectivity index (χ4n) is 9.41. The minimum Gasteiger partial charge on any atom is -0.481 e. The smallest absolute Gasteiger partial charge is 0.341 e. The first kappa shape index (κ1) is 107. The second kappa shape index (κ2) is 60.6. The van der Waals surface area contributed by atoms with E-state index in [2.05, 4.69) is 76.3 Å². The number of fused-ring (bicyclic) bond motifs is 2. The van der Waals surface area contributed by atoms with Crippen LogP contribution >= 0.6 is 0 Å². The van der Waals surface area contributed by atoms with Crippen LogP contribution in [0.2, 0.25) is 0 Å². The lowest BCUT2D eigenvalue weighted by atomic mass is 9.79. The van der Waals surface area contributed by atoms with Gasteiger partial charge in [0.2, 0.25) is 0 Å². The van der Waals surface area contributed by atoms with Crippen LogP contribution in [0.3, 0.4) is 0 Å². The van der Waals surface area contributed by atoms with Crippen LogP contribution in [0.25, 0.3) is 0 Å². The van der Waals surface area contributed by atoms with Crippen molar-refractivity contribution >= 4 is 113 Å². The summed E-state index contributed by atoms with van der Waals surface area (Å²) in [6.07, 6.45) is 7.98. The van der Waals surface area contributed by atoms with E-state index in [1.54, 1.807) is 6.92 Å². The second-order valence-electron chi connectivity index (χ2n) is 24.8. The van der Waals surface area contributed by atoms with Crippen molar-refractivity contribution in [2.75, 3.05) is 72.7 Å². The monoisotopic (exact) mass is 1610 g/mol. The van der Waals surface area contributed by atoms with Crippen molar-refractivity contribution in [2.24, 2.45) is 47.3 Å². The minimum atomic E-state index is -1.17. The predicted octanol–water partition coefficient (Wildman–Crippen LogP) is 6.21. The van der Waals surface area contributed by atoms with Crippen molar-refractivity contribution in [3.63, 3.8) is 0 Å². The molecule has 0 heterocycles. The summed E-state index contributed by atoms with van der Waals surface area (Å²) in [5, 5.41) is 67.8. The van der Waals surface area contributed by atoms with Crippen LogP contribution in [0, 0.1) is 47.3 Å². The first-order valence-corrected chi connectivity index (χ1v) is 34.4. The van der Waals surface area contributed by atoms with E-state index in [0.717, 1.165) is 38.2 Å². The molecule has 0 aromatic rings. The highest BCUT2D eigenvalue weighted by Crippen LogP contribution is 2.52. The lowest BCUT2D eigenvalue weighted by molar-refractivity contribution is -0.162. The molecule has 632 valence electrons. The molecule has 0 amide bonds. The molecular weight excluding hydrogens is 1510 g/mol. The van der Waals surface area contributed by atoms with Crippen LogP contribution in [0.15, 0.2) is 97.7 Å². The second-order valence-corrected chi connectivity index (χ2v) is 24.8. The summed E-state index contributed by atoms with van der Waals surface area (Å²) in [5.41, 5.74) is 1.81. The predicted molar refractivity (Wildman–Crippen MR) is 388 cm³/mol. The number of aliphatic carboxylic acids is 8. The number of hydrogen-bond acceptors (Lipinski definition) is 30. The Kier molecular flexibility index (Phi) is 57.5. The van der Waals surface area contributed by atoms with E-state index in [1.807, 2.05) is 0 Å². The molecular formula is C75H104O38. The molecule has 38 heteroatoms. The van der Waals surface area contributed by atoms with Crippen molar-refractivity contribution in [3.05, 3.63) is 97.7 Å². The summed E-state index contributed by atoms with van der Waals surface area (Å²) in [6.45, 7) is 35.5. The fourth-order valence-corrected chi connectivity index (χ4v) is 9.41. The number of hydrogen-bond donors (Lipinski definition) is 8. The van der Waals surface area contributed by atoms with Crippen molar-refractivity contribution in [2.45, 2.75) is 138 Å². The maximum Gasteiger partial charge on any atom is 0.341 e. The largest absolute Gasteiger partial charge is 0.481 e. The molecule has 38 nitrogen and oxygen atoms in total. The third-order valence-electron chi connectivity index (χ3n) is 14.8. The third-order valence-corrected chi connectivity index (χ3v) is 14.8. The Balaban J connectivity index is -0.000000613. The molecule has 8 atom stereocenters. The fraction of sp³-hybridized carbons (Fsp3) is 0.533. The van der Waals surface area contributed by atoms with Crippen LogP contribution in [0.4, 0.5) is 0 Å². The van der Waals surface area contributed by atoms with E-state index in [4.69, 9.17) is 64.2 Å². The normalized spacial score (nSPS) is 17.2. The SMILES string of the molecule is C=C(C)C(=O)OCC(=O)O.C=C(C)C(=O)OCC(=O)O.C=C(C)C(=O)OCCC(=O)O.C=C(C)C(=O)OCCCC(=O)O.C=C(C)C(=O)OCCOC(=O)C1C2CCC(C2)C1C(=O)O.C=C(C)C(=O)OCCOC(=O)C1CCCC1C(=O)O.C=C(C)C(=O)OCCOC(=O)C1CCCCC1C(=O)O.C=CC(=O)OCCC(=O)O. The van der Waals surface area contributed by atoms with Crippen LogP contribution in [-0.4, -0.2) is 227 Å². The lowest BCUT2D eigenvalue weighted by Gasteiger charge is -2.26. The topological polar surface area (TPSA) is 588 Å². The van der Waals surface area contributed by atoms with Gasteiger partial charge in [0.1, 0.15) is 52.9 Å². The molecule has 0 aromatic carbocycles. The van der Waals surface area contributed by atoms with Crippen molar-refractivity contribution in [1.29, 1.82) is 0 Å². The molecule has 4 aliphatic carbocycles. The van der Waals surface area contributed by atoms with Gasteiger partial charge in [-0.1, -0.05) is 71.9 Å². The standard InChI is InChI=1S/C15H20O6.C14H20O6.C13H18O6.C8H12O4.C7H10O4.3C6H8O4/c1-8(2)14(18)20-5-6-21-15(19)12-10-4-3-9(7-10)11(12)13(16)17;1-9(2)13(17)19-7-8-20-14(18)11-6-4-3-5-10(11)12(15)16;1-8(2)12(16)18-6-7-19-13(17)10-5-3-4-9(10)11(14)15;1-6(2)8(11)12-5-3-4-7(9)10;1-5(2)7(10)11-4-3-6(8)9;2*1-4(2)6(9)10-3-5(7)8;1-2-6(9)10-4-3-5(7)8/h9-12H,1,3-7H2,2H3,(H,16,17);10-11H,1,3-8H2,2H3,(H,15,16);9-10H,1,3-7H2,2H3,(H,14,15);1,3-5H2,2H3,(H,9,10);1,3-4H2,2H3,(H,8,9);2*1,3H2,2H3,(H,7,8);2H,1,3-4H2,(H,7,8). The maximum atomic E-state index is 12.1. The Bertz CT molecular complexity index is 3360. The molecule has 4 rings (SSSR count). The maximum absolute atomic E-state index is 12.1. The molecule has 0 aliphatic heterocycles. The highest BCUT2D eigenvalue weighted by atomic mass is 16.6. The number of carboxylic acid groups (broad SMARTS) is 8. The zero-order chi connectivity index (χ0) is 87.8. The highest BCUT2D eigenvalue weighted by molar-refractivity contribution is 5.91. The van der Waals surface area contributed by atoms with E-state index in [9.17, 15) is 96.2 Å². The van der Waals surface area contributed by atoms with E-state index in [0.29, 0.717) is 44.1 Å². The van der Waals surface area contributed by atoms with Gasteiger partial charge in [0.15, 0.2) is 13.2 Å². The van der Waals surface area contributed by atoms with Crippen LogP contribution in [0.1, 0.15) is 138 Å². The molecule has 0 saturated heterocycles. The van der Waals surface area contributed by atoms with E-state index < -0.39 is 162 Å². The molecule has 0 spiro atoms. The number of carbonyl (C=O) groups excluding carboxylic acids is 11. The quantitative estimate of drug-likeness (QED) is 0.0148. The van der Waals surface area contributed by atoms with Gasteiger partial charge in [-0.05, 0) is 112 Å². The average Bonchev–Trinajstić information content (AvgIpc) is 1.62. The Labute approximate surface area is 651 Å². The van der Waals surface area contributed by atoms with Gasteiger partial charge >= 0.3 is 113 Å². The van der Waals surface area contributed by atoms with Crippen molar-refractivity contribution in [3.8, 4) is 0 Å². The molecule has 4 aliphatic rings. The Morgan fingerprint density at radius 1 is 0.292 bits per heavy atom. The molecule has 8 N–H and O–H groups in total. The van der Waals surface area contributed by atoms with Gasteiger partial charge < -0.3 is 93.0 Å². The third kappa shape index (κ3) is 53.4. The van der Waals surface area contributed by atoms with E-state index in [-0.39, 0.29) is 124 Å². The van der Waals surface area contributed by atoms with Gasteiger partial charge in [-0.25, -0.2) is 47.9 Å². The number of ether oxygens (including phenoxy) is 11. The Morgan fingerprint density at radius 3 is 0.876 bits per heavy atom. The summed E-state index contributed by atoms with van der Waals surface area (Å²) in [6, 6.07) is 0. The number of carbonyl (C=O) groups is 19. The van der Waals surface area contributed by atoms with Gasteiger partial charge in [-0.15, -0.1) is 0 Å². The van der Waals surface area contributed by atoms with Crippen molar-refractivity contribution < 1.29 is 184 Å². The van der Waals surface area contributed by atoms with Gasteiger partial charge in [0.25, 0.3) is 0 Å². The molecule has 4 fully saturated rings. The lowest BCUT2D eigenvalue weighted by Crippen LogP contribution is -2.36. The summed E-state index contributed by atoms with van der Waals surface area (Å²) < 4.78 is 51.3. The number of rotatable bonds is 37. The van der Waals surface area contributed by atoms with Crippen LogP contribution < -0.4 is 0 Å². The Hall–Kier alpha value is -12.2. The number of carboxylic acids is 8. The van der Waals surface area contributed by atoms with Gasteiger partial charge in [-0.3, -0.25) is 43.2 Å². The average molecular weight is 1610 g/mol. The first-order chi connectivity index (χ1) is 52.6. The molecule has 113 heavy (non-hydrogen) atoms. The zero-order valence-electron chi connectivity index (χ0n) is 64.4. The van der Waals surface area contributed by atoms with E-state index in [1.165, 1.54) is 41.5 Å². The summed E-state index contributed by atoms with van der Waals surface area (Å²) >= 11 is 0. The summed E-state index contributed by atoms with van der Waals surface area (Å²) in [4.78, 5) is 204. The zero-order valence-corrected chi connectivity index (χ0v) is 64.4. The van der Waals surface area contributed by atoms with Gasteiger partial charge in [0.05, 0.1) is 55.0 Å².